The summed E-state index contributed by atoms with van der Waals surface area (Å²) in [6.45, 7) is 13.0. The standard InChI is InChI=1S/C16H24N4O/c1-10(2)9-17-15(21)12-7-11(3)18-14-8-13(16(4,5)6)19-20(12)14/h7-8,10H,9H2,1-6H3,(H,17,21). The number of amides is 1. The Morgan fingerprint density at radius 3 is 2.57 bits per heavy atom. The Morgan fingerprint density at radius 1 is 1.33 bits per heavy atom. The smallest absolute Gasteiger partial charge is 0.270 e. The molecule has 2 heterocycles. The Morgan fingerprint density at radius 2 is 2.00 bits per heavy atom. The normalized spacial score (nSPS) is 12.1. The molecular weight excluding hydrogens is 264 g/mol. The van der Waals surface area contributed by atoms with E-state index >= 15 is 0 Å². The van der Waals surface area contributed by atoms with Crippen molar-refractivity contribution in [3.8, 4) is 0 Å². The summed E-state index contributed by atoms with van der Waals surface area (Å²) < 4.78 is 1.64. The molecular formula is C16H24N4O. The third-order valence-corrected chi connectivity index (χ3v) is 3.23. The molecule has 0 aliphatic rings. The van der Waals surface area contributed by atoms with Crippen molar-refractivity contribution in [2.24, 2.45) is 5.92 Å². The number of nitrogens with one attached hydrogen (secondary N) is 1. The molecule has 0 aliphatic heterocycles. The third-order valence-electron chi connectivity index (χ3n) is 3.23. The van der Waals surface area contributed by atoms with Crippen LogP contribution in [0.4, 0.5) is 0 Å². The average molecular weight is 288 g/mol. The number of hydrogen-bond acceptors (Lipinski definition) is 3. The molecule has 0 atom stereocenters. The van der Waals surface area contributed by atoms with Gasteiger partial charge in [0.25, 0.3) is 5.91 Å². The van der Waals surface area contributed by atoms with Crippen molar-refractivity contribution in [1.82, 2.24) is 19.9 Å². The van der Waals surface area contributed by atoms with Gasteiger partial charge in [-0.2, -0.15) is 5.10 Å². The zero-order chi connectivity index (χ0) is 15.8. The van der Waals surface area contributed by atoms with Gasteiger partial charge in [0.1, 0.15) is 5.69 Å². The minimum atomic E-state index is -0.109. The molecule has 0 aromatic carbocycles. The van der Waals surface area contributed by atoms with Crippen LogP contribution >= 0.6 is 0 Å². The van der Waals surface area contributed by atoms with Gasteiger partial charge in [0.15, 0.2) is 5.65 Å². The van der Waals surface area contributed by atoms with Crippen molar-refractivity contribution in [1.29, 1.82) is 0 Å². The zero-order valence-corrected chi connectivity index (χ0v) is 13.7. The maximum absolute atomic E-state index is 12.4. The second-order valence-electron chi connectivity index (χ2n) is 6.94. The summed E-state index contributed by atoms with van der Waals surface area (Å²) in [6.07, 6.45) is 0. The largest absolute Gasteiger partial charge is 0.350 e. The summed E-state index contributed by atoms with van der Waals surface area (Å²) in [4.78, 5) is 16.8. The van der Waals surface area contributed by atoms with E-state index in [0.717, 1.165) is 17.0 Å². The van der Waals surface area contributed by atoms with Gasteiger partial charge in [0, 0.05) is 23.7 Å². The van der Waals surface area contributed by atoms with E-state index in [9.17, 15) is 4.79 Å². The first-order chi connectivity index (χ1) is 9.68. The lowest BCUT2D eigenvalue weighted by Crippen LogP contribution is -2.29. The summed E-state index contributed by atoms with van der Waals surface area (Å²) >= 11 is 0. The highest BCUT2D eigenvalue weighted by Crippen LogP contribution is 2.22. The van der Waals surface area contributed by atoms with Crippen LogP contribution in [0.1, 0.15) is 56.5 Å². The third kappa shape index (κ3) is 3.40. The number of aromatic nitrogens is 3. The van der Waals surface area contributed by atoms with Crippen LogP contribution in [0.25, 0.3) is 5.65 Å². The number of rotatable bonds is 3. The van der Waals surface area contributed by atoms with Crippen LogP contribution in [-0.4, -0.2) is 27.0 Å². The predicted octanol–water partition coefficient (Wildman–Crippen LogP) is 2.72. The topological polar surface area (TPSA) is 59.3 Å². The Hall–Kier alpha value is -1.91. The Bertz CT molecular complexity index is 665. The quantitative estimate of drug-likeness (QED) is 0.944. The van der Waals surface area contributed by atoms with Gasteiger partial charge in [-0.25, -0.2) is 9.50 Å². The van der Waals surface area contributed by atoms with Gasteiger partial charge in [-0.15, -0.1) is 0 Å². The van der Waals surface area contributed by atoms with Gasteiger partial charge in [-0.1, -0.05) is 34.6 Å². The fourth-order valence-electron chi connectivity index (χ4n) is 2.02. The molecule has 5 nitrogen and oxygen atoms in total. The van der Waals surface area contributed by atoms with E-state index in [1.807, 2.05) is 13.0 Å². The lowest BCUT2D eigenvalue weighted by molar-refractivity contribution is 0.0941. The Kier molecular flexibility index (Phi) is 4.03. The summed E-state index contributed by atoms with van der Waals surface area (Å²) in [7, 11) is 0. The van der Waals surface area contributed by atoms with Gasteiger partial charge in [0.05, 0.1) is 5.69 Å². The lowest BCUT2D eigenvalue weighted by Gasteiger charge is -2.13. The highest BCUT2D eigenvalue weighted by molar-refractivity contribution is 5.93. The number of nitrogens with zero attached hydrogens (tertiary/aromatic N) is 3. The van der Waals surface area contributed by atoms with Crippen LogP contribution < -0.4 is 5.32 Å². The highest BCUT2D eigenvalue weighted by atomic mass is 16.2. The highest BCUT2D eigenvalue weighted by Gasteiger charge is 2.21. The zero-order valence-electron chi connectivity index (χ0n) is 13.7. The van der Waals surface area contributed by atoms with Crippen molar-refractivity contribution in [3.63, 3.8) is 0 Å². The van der Waals surface area contributed by atoms with Crippen LogP contribution in [-0.2, 0) is 5.41 Å². The fourth-order valence-corrected chi connectivity index (χ4v) is 2.02. The van der Waals surface area contributed by atoms with Gasteiger partial charge in [-0.3, -0.25) is 4.79 Å². The first-order valence-corrected chi connectivity index (χ1v) is 7.34. The molecule has 0 radical (unpaired) electrons. The molecule has 2 aromatic heterocycles. The van der Waals surface area contributed by atoms with Gasteiger partial charge >= 0.3 is 0 Å². The molecule has 2 rings (SSSR count). The second kappa shape index (κ2) is 5.47. The number of carbonyl (C=O) groups is 1. The Labute approximate surface area is 125 Å². The first-order valence-electron chi connectivity index (χ1n) is 7.34. The van der Waals surface area contributed by atoms with Crippen LogP contribution in [0.2, 0.25) is 0 Å². The molecule has 21 heavy (non-hydrogen) atoms. The molecule has 0 saturated heterocycles. The van der Waals surface area contributed by atoms with Crippen LogP contribution in [0.3, 0.4) is 0 Å². The van der Waals surface area contributed by atoms with Crippen molar-refractivity contribution >= 4 is 11.6 Å². The van der Waals surface area contributed by atoms with E-state index < -0.39 is 0 Å². The number of aryl methyl sites for hydroxylation is 1. The number of fused-ring (bicyclic) bond motifs is 1. The molecule has 0 saturated carbocycles. The average Bonchev–Trinajstić information content (AvgIpc) is 2.78. The number of hydrogen-bond donors (Lipinski definition) is 1. The molecule has 5 heteroatoms. The van der Waals surface area contributed by atoms with Crippen LogP contribution in [0, 0.1) is 12.8 Å². The molecule has 1 N–H and O–H groups in total. The van der Waals surface area contributed by atoms with Crippen molar-refractivity contribution in [3.05, 3.63) is 29.2 Å². The van der Waals surface area contributed by atoms with Gasteiger partial charge < -0.3 is 5.32 Å². The van der Waals surface area contributed by atoms with E-state index in [4.69, 9.17) is 0 Å². The molecule has 1 amide bonds. The minimum Gasteiger partial charge on any atom is -0.350 e. The monoisotopic (exact) mass is 288 g/mol. The summed E-state index contributed by atoms with van der Waals surface area (Å²) in [5.41, 5.74) is 2.92. The number of carbonyl (C=O) groups excluding carboxylic acids is 1. The van der Waals surface area contributed by atoms with E-state index in [0.29, 0.717) is 18.2 Å². The molecule has 0 aliphatic carbocycles. The maximum Gasteiger partial charge on any atom is 0.270 e. The molecule has 114 valence electrons. The van der Waals surface area contributed by atoms with Gasteiger partial charge in [0.2, 0.25) is 0 Å². The van der Waals surface area contributed by atoms with E-state index in [1.54, 1.807) is 10.6 Å². The Balaban J connectivity index is 2.47. The summed E-state index contributed by atoms with van der Waals surface area (Å²) in [6, 6.07) is 3.73. The van der Waals surface area contributed by atoms with Crippen LogP contribution in [0.5, 0.6) is 0 Å². The molecule has 0 fully saturated rings. The minimum absolute atomic E-state index is 0.0761. The lowest BCUT2D eigenvalue weighted by atomic mass is 9.93. The fraction of sp³-hybridized carbons (Fsp3) is 0.562. The maximum atomic E-state index is 12.4. The molecule has 2 aromatic rings. The summed E-state index contributed by atoms with van der Waals surface area (Å²) in [5.74, 6) is 0.304. The summed E-state index contributed by atoms with van der Waals surface area (Å²) in [5, 5.41) is 7.50. The van der Waals surface area contributed by atoms with E-state index in [-0.39, 0.29) is 11.3 Å². The van der Waals surface area contributed by atoms with Crippen molar-refractivity contribution in [2.45, 2.75) is 47.0 Å². The molecule has 0 unspecified atom stereocenters. The SMILES string of the molecule is Cc1cc(C(=O)NCC(C)C)n2nc(C(C)(C)C)cc2n1. The first kappa shape index (κ1) is 15.5. The second-order valence-corrected chi connectivity index (χ2v) is 6.94. The van der Waals surface area contributed by atoms with Crippen molar-refractivity contribution < 1.29 is 4.79 Å². The van der Waals surface area contributed by atoms with E-state index in [2.05, 4.69) is 50.0 Å². The van der Waals surface area contributed by atoms with Gasteiger partial charge in [-0.05, 0) is 18.9 Å². The van der Waals surface area contributed by atoms with Crippen LogP contribution in [0.15, 0.2) is 12.1 Å². The van der Waals surface area contributed by atoms with Crippen molar-refractivity contribution in [2.75, 3.05) is 6.54 Å². The molecule has 0 bridgehead atoms. The predicted molar refractivity (Wildman–Crippen MR) is 83.6 cm³/mol. The molecule has 0 spiro atoms. The van der Waals surface area contributed by atoms with E-state index in [1.165, 1.54) is 0 Å².